The van der Waals surface area contributed by atoms with Gasteiger partial charge in [0.1, 0.15) is 12.4 Å². The molecule has 0 aliphatic carbocycles. The summed E-state index contributed by atoms with van der Waals surface area (Å²) >= 11 is 1.29. The summed E-state index contributed by atoms with van der Waals surface area (Å²) in [5.74, 6) is -1.30. The highest BCUT2D eigenvalue weighted by Gasteiger charge is 2.44. The van der Waals surface area contributed by atoms with E-state index < -0.39 is 17.7 Å². The van der Waals surface area contributed by atoms with Gasteiger partial charge in [0.25, 0.3) is 5.91 Å². The molecular weight excluding hydrogens is 412 g/mol. The second-order valence-electron chi connectivity index (χ2n) is 7.75. The van der Waals surface area contributed by atoms with Crippen LogP contribution in [0, 0.1) is 20.8 Å². The molecule has 3 heterocycles. The fourth-order valence-electron chi connectivity index (χ4n) is 3.96. The molecule has 1 aliphatic rings. The van der Waals surface area contributed by atoms with Gasteiger partial charge in [-0.25, -0.2) is 9.55 Å². The molecular formula is C23H25N4O3S+. The number of aryl methyl sites for hydroxylation is 4. The highest BCUT2D eigenvalue weighted by molar-refractivity contribution is 7.14. The lowest BCUT2D eigenvalue weighted by Gasteiger charge is -2.26. The number of nitrogens with one attached hydrogen (secondary N) is 1. The number of aromatic amines is 1. The van der Waals surface area contributed by atoms with Gasteiger partial charge < -0.3 is 10.0 Å². The average Bonchev–Trinajstić information content (AvgIpc) is 3.43. The summed E-state index contributed by atoms with van der Waals surface area (Å²) in [6, 6.07) is 7.11. The lowest BCUT2D eigenvalue weighted by atomic mass is 9.94. The second kappa shape index (κ2) is 8.47. The van der Waals surface area contributed by atoms with E-state index in [-0.39, 0.29) is 11.4 Å². The van der Waals surface area contributed by atoms with Crippen molar-refractivity contribution in [2.75, 3.05) is 6.54 Å². The molecule has 1 aromatic carbocycles. The molecule has 0 bridgehead atoms. The average molecular weight is 438 g/mol. The molecule has 0 radical (unpaired) electrons. The summed E-state index contributed by atoms with van der Waals surface area (Å²) < 4.78 is 1.99. The van der Waals surface area contributed by atoms with Gasteiger partial charge in [0.15, 0.2) is 5.76 Å². The van der Waals surface area contributed by atoms with E-state index in [1.54, 1.807) is 11.8 Å². The van der Waals surface area contributed by atoms with E-state index in [2.05, 4.69) is 9.97 Å². The molecule has 4 rings (SSSR count). The minimum atomic E-state index is -0.626. The van der Waals surface area contributed by atoms with E-state index in [4.69, 9.17) is 0 Å². The number of nitrogens with zero attached hydrogens (tertiary/aromatic N) is 3. The molecule has 8 heteroatoms. The molecule has 1 amide bonds. The molecule has 31 heavy (non-hydrogen) atoms. The maximum atomic E-state index is 13.5. The first-order valence-electron chi connectivity index (χ1n) is 10.2. The van der Waals surface area contributed by atoms with Crippen molar-refractivity contribution in [3.05, 3.63) is 81.0 Å². The number of carbonyl (C=O) groups is 2. The Balaban J connectivity index is 1.69. The van der Waals surface area contributed by atoms with Crippen molar-refractivity contribution in [3.8, 4) is 0 Å². The van der Waals surface area contributed by atoms with Gasteiger partial charge in [0.05, 0.1) is 33.7 Å². The second-order valence-corrected chi connectivity index (χ2v) is 8.96. The quantitative estimate of drug-likeness (QED) is 0.438. The summed E-state index contributed by atoms with van der Waals surface area (Å²) in [5.41, 5.74) is 2.64. The molecule has 1 aliphatic heterocycles. The number of aromatic nitrogens is 3. The summed E-state index contributed by atoms with van der Waals surface area (Å²) in [4.78, 5) is 35.9. The number of amides is 1. The first-order valence-corrected chi connectivity index (χ1v) is 11.0. The molecule has 0 saturated heterocycles. The predicted molar refractivity (Wildman–Crippen MR) is 117 cm³/mol. The van der Waals surface area contributed by atoms with Gasteiger partial charge in [-0.05, 0) is 26.3 Å². The van der Waals surface area contributed by atoms with Crippen LogP contribution in [0.3, 0.4) is 0 Å². The Hall–Kier alpha value is -3.26. The fraction of sp³-hybridized carbons (Fsp3) is 0.304. The molecule has 2 aromatic heterocycles. The van der Waals surface area contributed by atoms with Crippen LogP contribution in [0.15, 0.2) is 54.3 Å². The summed E-state index contributed by atoms with van der Waals surface area (Å²) in [5, 5.41) is 11.5. The van der Waals surface area contributed by atoms with Crippen molar-refractivity contribution in [3.63, 3.8) is 0 Å². The smallest absolute Gasteiger partial charge is 0.290 e. The molecule has 1 unspecified atom stereocenters. The van der Waals surface area contributed by atoms with E-state index in [1.807, 2.05) is 61.4 Å². The van der Waals surface area contributed by atoms with Crippen molar-refractivity contribution in [1.29, 1.82) is 0 Å². The third-order valence-corrected chi connectivity index (χ3v) is 6.54. The van der Waals surface area contributed by atoms with Gasteiger partial charge in [0.2, 0.25) is 12.1 Å². The monoisotopic (exact) mass is 437 g/mol. The van der Waals surface area contributed by atoms with Crippen LogP contribution >= 0.6 is 11.3 Å². The van der Waals surface area contributed by atoms with Crippen molar-refractivity contribution in [2.24, 2.45) is 0 Å². The molecule has 0 spiro atoms. The molecule has 1 atom stereocenters. The van der Waals surface area contributed by atoms with E-state index >= 15 is 0 Å². The van der Waals surface area contributed by atoms with Gasteiger partial charge >= 0.3 is 0 Å². The zero-order chi connectivity index (χ0) is 22.1. The largest absolute Gasteiger partial charge is 0.503 e. The molecule has 3 aromatic rings. The third kappa shape index (κ3) is 4.03. The van der Waals surface area contributed by atoms with Gasteiger partial charge in [0, 0.05) is 13.0 Å². The lowest BCUT2D eigenvalue weighted by Crippen LogP contribution is -2.36. The van der Waals surface area contributed by atoms with Gasteiger partial charge in [-0.15, -0.1) is 11.3 Å². The number of hydrogen-bond acceptors (Lipinski definition) is 5. The maximum absolute atomic E-state index is 13.5. The Bertz CT molecular complexity index is 1150. The summed E-state index contributed by atoms with van der Waals surface area (Å²) in [6.45, 7) is 6.73. The van der Waals surface area contributed by atoms with Crippen LogP contribution < -0.4 is 4.57 Å². The Morgan fingerprint density at radius 2 is 2.00 bits per heavy atom. The fourth-order valence-corrected chi connectivity index (χ4v) is 4.83. The van der Waals surface area contributed by atoms with Crippen molar-refractivity contribution in [1.82, 2.24) is 14.9 Å². The highest BCUT2D eigenvalue weighted by atomic mass is 32.1. The number of imidazole rings is 1. The molecule has 0 saturated carbocycles. The van der Waals surface area contributed by atoms with Crippen molar-refractivity contribution in [2.45, 2.75) is 39.8 Å². The van der Waals surface area contributed by atoms with E-state index in [9.17, 15) is 14.7 Å². The number of H-pyrrole nitrogens is 1. The van der Waals surface area contributed by atoms with Crippen molar-refractivity contribution < 1.29 is 19.3 Å². The van der Waals surface area contributed by atoms with E-state index in [0.29, 0.717) is 30.1 Å². The van der Waals surface area contributed by atoms with Crippen LogP contribution in [-0.4, -0.2) is 38.2 Å². The molecule has 2 N–H and O–H groups in total. The van der Waals surface area contributed by atoms with Crippen LogP contribution in [0.5, 0.6) is 0 Å². The first-order chi connectivity index (χ1) is 14.9. The topological polar surface area (TPSA) is 90.2 Å². The van der Waals surface area contributed by atoms with E-state index in [0.717, 1.165) is 16.1 Å². The first kappa shape index (κ1) is 21.0. The third-order valence-electron chi connectivity index (χ3n) is 5.47. The minimum Gasteiger partial charge on any atom is -0.503 e. The number of Topliss-reactive ketones (excluding diaryl/α,β-unsaturated/α-hetero) is 1. The van der Waals surface area contributed by atoms with Gasteiger partial charge in [-0.2, -0.15) is 0 Å². The zero-order valence-corrected chi connectivity index (χ0v) is 18.6. The molecule has 0 fully saturated rings. The maximum Gasteiger partial charge on any atom is 0.290 e. The van der Waals surface area contributed by atoms with Crippen LogP contribution in [-0.2, 0) is 11.3 Å². The standard InChI is InChI=1S/C23H24N4O3S/c1-14-5-7-17(8-6-14)19-18(20(28)22-15(2)25-16(3)31-22)21(29)23(30)27(19)11-4-10-26-12-9-24-13-26/h5-9,12-13,19H,4,10-11H2,1-3H3,(H,28,29)/p+1. The van der Waals surface area contributed by atoms with Crippen LogP contribution in [0.4, 0.5) is 0 Å². The normalized spacial score (nSPS) is 16.4. The van der Waals surface area contributed by atoms with Crippen LogP contribution in [0.2, 0.25) is 0 Å². The molecule has 160 valence electrons. The minimum absolute atomic E-state index is 0.134. The van der Waals surface area contributed by atoms with Crippen molar-refractivity contribution >= 4 is 23.0 Å². The van der Waals surface area contributed by atoms with E-state index in [1.165, 1.54) is 11.3 Å². The predicted octanol–water partition coefficient (Wildman–Crippen LogP) is 3.35. The highest BCUT2D eigenvalue weighted by Crippen LogP contribution is 2.40. The van der Waals surface area contributed by atoms with Gasteiger partial charge in [-0.1, -0.05) is 29.8 Å². The van der Waals surface area contributed by atoms with Crippen LogP contribution in [0.1, 0.15) is 44.0 Å². The Kier molecular flexibility index (Phi) is 5.73. The van der Waals surface area contributed by atoms with Crippen LogP contribution in [0.25, 0.3) is 0 Å². The number of aliphatic hydroxyl groups excluding tert-OH is 1. The summed E-state index contributed by atoms with van der Waals surface area (Å²) in [6.07, 6.45) is 6.29. The number of carbonyl (C=O) groups excluding carboxylic acids is 2. The zero-order valence-electron chi connectivity index (χ0n) is 17.8. The summed E-state index contributed by atoms with van der Waals surface area (Å²) in [7, 11) is 0. The van der Waals surface area contributed by atoms with Gasteiger partial charge in [-0.3, -0.25) is 14.6 Å². The lowest BCUT2D eigenvalue weighted by molar-refractivity contribution is -0.695. The SMILES string of the molecule is Cc1ccc(C2C(C(=O)c3sc(C)nc3C)=C(O)C(=O)N2CCC[n+]2cc[nH]c2)cc1. The number of ketones is 1. The Morgan fingerprint density at radius 3 is 2.61 bits per heavy atom. The Labute approximate surface area is 184 Å². The number of benzene rings is 1. The number of hydrogen-bond donors (Lipinski definition) is 2. The number of aliphatic hydroxyl groups is 1. The number of thiazole rings is 1. The molecule has 7 nitrogen and oxygen atoms in total. The number of rotatable bonds is 7. The Morgan fingerprint density at radius 1 is 1.26 bits per heavy atom.